The summed E-state index contributed by atoms with van der Waals surface area (Å²) in [5, 5.41) is 0. The van der Waals surface area contributed by atoms with Gasteiger partial charge in [0.25, 0.3) is 0 Å². The van der Waals surface area contributed by atoms with E-state index in [1.807, 2.05) is 4.90 Å². The Hall–Kier alpha value is -0.530. The van der Waals surface area contributed by atoms with Crippen LogP contribution >= 0.6 is 0 Å². The van der Waals surface area contributed by atoms with Gasteiger partial charge in [0, 0.05) is 18.5 Å². The molecule has 0 aliphatic rings. The van der Waals surface area contributed by atoms with E-state index < -0.39 is 0 Å². The lowest BCUT2D eigenvalue weighted by Crippen LogP contribution is -2.41. The Bertz CT molecular complexity index is 215. The van der Waals surface area contributed by atoms with Gasteiger partial charge in [-0.25, -0.2) is 0 Å². The van der Waals surface area contributed by atoms with Crippen LogP contribution in [0.1, 0.15) is 92.4 Å². The molecule has 0 heterocycles. The van der Waals surface area contributed by atoms with Crippen molar-refractivity contribution in [1.82, 2.24) is 4.90 Å². The van der Waals surface area contributed by atoms with Crippen molar-refractivity contribution in [2.75, 3.05) is 0 Å². The first-order valence-electron chi connectivity index (χ1n) is 8.31. The zero-order valence-corrected chi connectivity index (χ0v) is 13.9. The van der Waals surface area contributed by atoms with Crippen molar-refractivity contribution < 1.29 is 4.79 Å². The summed E-state index contributed by atoms with van der Waals surface area (Å²) in [5.41, 5.74) is 0. The summed E-state index contributed by atoms with van der Waals surface area (Å²) in [6, 6.07) is 0.642. The third-order valence-corrected chi connectivity index (χ3v) is 3.64. The van der Waals surface area contributed by atoms with E-state index in [0.717, 1.165) is 12.8 Å². The van der Waals surface area contributed by atoms with Crippen LogP contribution < -0.4 is 0 Å². The second-order valence-corrected chi connectivity index (χ2v) is 6.21. The first-order chi connectivity index (χ1) is 9.00. The molecule has 0 aromatic rings. The molecule has 2 nitrogen and oxygen atoms in total. The van der Waals surface area contributed by atoms with E-state index in [1.54, 1.807) is 0 Å². The second-order valence-electron chi connectivity index (χ2n) is 6.21. The fraction of sp³-hybridized carbons (Fsp3) is 0.941. The van der Waals surface area contributed by atoms with Crippen LogP contribution in [0.3, 0.4) is 0 Å². The summed E-state index contributed by atoms with van der Waals surface area (Å²) in [7, 11) is 0. The minimum Gasteiger partial charge on any atom is -0.338 e. The van der Waals surface area contributed by atoms with Gasteiger partial charge in [0.2, 0.25) is 5.91 Å². The van der Waals surface area contributed by atoms with Crippen molar-refractivity contribution in [3.8, 4) is 0 Å². The molecule has 0 aromatic heterocycles. The van der Waals surface area contributed by atoms with Gasteiger partial charge in [-0.3, -0.25) is 4.79 Å². The molecule has 0 N–H and O–H groups in total. The van der Waals surface area contributed by atoms with Gasteiger partial charge < -0.3 is 4.90 Å². The third-order valence-electron chi connectivity index (χ3n) is 3.64. The highest BCUT2D eigenvalue weighted by molar-refractivity contribution is 5.76. The summed E-state index contributed by atoms with van der Waals surface area (Å²) in [4.78, 5) is 14.1. The second kappa shape index (κ2) is 11.3. The maximum absolute atomic E-state index is 12.1. The minimum absolute atomic E-state index is 0.321. The smallest absolute Gasteiger partial charge is 0.223 e. The van der Waals surface area contributed by atoms with Crippen molar-refractivity contribution >= 4 is 5.91 Å². The van der Waals surface area contributed by atoms with Gasteiger partial charge in [0.15, 0.2) is 0 Å². The molecule has 0 saturated carbocycles. The van der Waals surface area contributed by atoms with E-state index in [4.69, 9.17) is 0 Å². The number of unbranched alkanes of at least 4 members (excludes halogenated alkanes) is 7. The zero-order valence-electron chi connectivity index (χ0n) is 13.9. The summed E-state index contributed by atoms with van der Waals surface area (Å²) in [6.45, 7) is 10.7. The molecule has 0 bridgehead atoms. The van der Waals surface area contributed by atoms with E-state index in [1.165, 1.54) is 44.9 Å². The molecule has 0 rings (SSSR count). The van der Waals surface area contributed by atoms with Crippen LogP contribution in [-0.4, -0.2) is 22.9 Å². The highest BCUT2D eigenvalue weighted by atomic mass is 16.2. The van der Waals surface area contributed by atoms with E-state index >= 15 is 0 Å². The van der Waals surface area contributed by atoms with Crippen molar-refractivity contribution in [1.29, 1.82) is 0 Å². The average molecular weight is 269 g/mol. The molecule has 0 atom stereocenters. The summed E-state index contributed by atoms with van der Waals surface area (Å²) < 4.78 is 0. The molecule has 1 amide bonds. The van der Waals surface area contributed by atoms with Gasteiger partial charge in [0.05, 0.1) is 0 Å². The molecule has 0 spiro atoms. The quantitative estimate of drug-likeness (QED) is 0.474. The fourth-order valence-electron chi connectivity index (χ4n) is 2.71. The summed E-state index contributed by atoms with van der Waals surface area (Å²) >= 11 is 0. The van der Waals surface area contributed by atoms with E-state index in [0.29, 0.717) is 18.0 Å². The highest BCUT2D eigenvalue weighted by Crippen LogP contribution is 2.13. The Morgan fingerprint density at radius 3 is 1.63 bits per heavy atom. The normalized spacial score (nSPS) is 11.3. The molecule has 0 radical (unpaired) electrons. The zero-order chi connectivity index (χ0) is 14.7. The maximum Gasteiger partial charge on any atom is 0.223 e. The van der Waals surface area contributed by atoms with Crippen molar-refractivity contribution in [2.45, 2.75) is 104 Å². The number of amides is 1. The van der Waals surface area contributed by atoms with Crippen LogP contribution in [-0.2, 0) is 4.79 Å². The largest absolute Gasteiger partial charge is 0.338 e. The molecule has 0 aliphatic heterocycles. The fourth-order valence-corrected chi connectivity index (χ4v) is 2.71. The van der Waals surface area contributed by atoms with Crippen LogP contribution in [0.4, 0.5) is 0 Å². The maximum atomic E-state index is 12.1. The molecule has 0 saturated heterocycles. The SMILES string of the molecule is CCCCCCCCCCC(=O)N(C(C)C)C(C)C. The van der Waals surface area contributed by atoms with Crippen LogP contribution in [0.25, 0.3) is 0 Å². The average Bonchev–Trinajstić information content (AvgIpc) is 2.31. The molecule has 19 heavy (non-hydrogen) atoms. The summed E-state index contributed by atoms with van der Waals surface area (Å²) in [6.07, 6.45) is 11.1. The molecule has 0 fully saturated rings. The number of carbonyl (C=O) groups is 1. The predicted octanol–water partition coefficient (Wildman–Crippen LogP) is 5.16. The van der Waals surface area contributed by atoms with Gasteiger partial charge in [0.1, 0.15) is 0 Å². The van der Waals surface area contributed by atoms with Crippen LogP contribution in [0.15, 0.2) is 0 Å². The van der Waals surface area contributed by atoms with E-state index in [-0.39, 0.29) is 0 Å². The van der Waals surface area contributed by atoms with Gasteiger partial charge in [-0.15, -0.1) is 0 Å². The summed E-state index contributed by atoms with van der Waals surface area (Å²) in [5.74, 6) is 0.330. The molecule has 0 unspecified atom stereocenters. The molecule has 0 aromatic carbocycles. The predicted molar refractivity (Wildman–Crippen MR) is 84.3 cm³/mol. The lowest BCUT2D eigenvalue weighted by atomic mass is 10.1. The van der Waals surface area contributed by atoms with Crippen molar-refractivity contribution in [2.24, 2.45) is 0 Å². The molecule has 114 valence electrons. The first-order valence-corrected chi connectivity index (χ1v) is 8.31. The van der Waals surface area contributed by atoms with Crippen molar-refractivity contribution in [3.05, 3.63) is 0 Å². The Morgan fingerprint density at radius 2 is 1.21 bits per heavy atom. The monoisotopic (exact) mass is 269 g/mol. The lowest BCUT2D eigenvalue weighted by molar-refractivity contribution is -0.134. The Balaban J connectivity index is 3.62. The highest BCUT2D eigenvalue weighted by Gasteiger charge is 2.18. The topological polar surface area (TPSA) is 20.3 Å². The first kappa shape index (κ1) is 18.5. The van der Waals surface area contributed by atoms with E-state index in [9.17, 15) is 4.79 Å². The number of hydrogen-bond acceptors (Lipinski definition) is 1. The molecular weight excluding hydrogens is 234 g/mol. The number of rotatable bonds is 11. The molecule has 0 aliphatic carbocycles. The Labute approximate surface area is 120 Å². The minimum atomic E-state index is 0.321. The Kier molecular flexibility index (Phi) is 11.0. The van der Waals surface area contributed by atoms with E-state index in [2.05, 4.69) is 34.6 Å². The Morgan fingerprint density at radius 1 is 0.789 bits per heavy atom. The van der Waals surface area contributed by atoms with Crippen LogP contribution in [0.2, 0.25) is 0 Å². The molecular formula is C17H35NO. The third kappa shape index (κ3) is 9.07. The number of carbonyl (C=O) groups excluding carboxylic acids is 1. The van der Waals surface area contributed by atoms with Gasteiger partial charge in [-0.05, 0) is 34.1 Å². The standard InChI is InChI=1S/C17H35NO/c1-6-7-8-9-10-11-12-13-14-17(19)18(15(2)3)16(4)5/h15-16H,6-14H2,1-5H3. The van der Waals surface area contributed by atoms with Gasteiger partial charge in [-0.1, -0.05) is 51.9 Å². The van der Waals surface area contributed by atoms with Gasteiger partial charge in [-0.2, -0.15) is 0 Å². The number of nitrogens with zero attached hydrogens (tertiary/aromatic N) is 1. The molecule has 2 heteroatoms. The number of hydrogen-bond donors (Lipinski definition) is 0. The van der Waals surface area contributed by atoms with Crippen molar-refractivity contribution in [3.63, 3.8) is 0 Å². The van der Waals surface area contributed by atoms with Gasteiger partial charge >= 0.3 is 0 Å². The van der Waals surface area contributed by atoms with Crippen LogP contribution in [0.5, 0.6) is 0 Å². The lowest BCUT2D eigenvalue weighted by Gasteiger charge is -2.30. The van der Waals surface area contributed by atoms with Crippen LogP contribution in [0, 0.1) is 0 Å².